The summed E-state index contributed by atoms with van der Waals surface area (Å²) in [4.78, 5) is 0. The average Bonchev–Trinajstić information content (AvgIpc) is 2.39. The molecule has 0 bridgehead atoms. The fourth-order valence-electron chi connectivity index (χ4n) is 1.92. The Bertz CT molecular complexity index is 499. The van der Waals surface area contributed by atoms with E-state index in [9.17, 15) is 10.2 Å². The van der Waals surface area contributed by atoms with Gasteiger partial charge in [-0.3, -0.25) is 0 Å². The van der Waals surface area contributed by atoms with E-state index in [0.717, 1.165) is 0 Å². The fourth-order valence-corrected chi connectivity index (χ4v) is 1.92. The SMILES string of the molecule is NCC(O)(c1ccccc1)c1ccccc1O. The van der Waals surface area contributed by atoms with Gasteiger partial charge in [0, 0.05) is 12.1 Å². The van der Waals surface area contributed by atoms with Gasteiger partial charge in [0.25, 0.3) is 0 Å². The van der Waals surface area contributed by atoms with Crippen molar-refractivity contribution in [2.24, 2.45) is 5.73 Å². The Hall–Kier alpha value is -1.84. The molecule has 0 aliphatic carbocycles. The van der Waals surface area contributed by atoms with Gasteiger partial charge in [-0.2, -0.15) is 0 Å². The largest absolute Gasteiger partial charge is 0.508 e. The first-order valence-corrected chi connectivity index (χ1v) is 5.45. The first-order chi connectivity index (χ1) is 8.18. The molecule has 0 saturated carbocycles. The Morgan fingerprint density at radius 1 is 0.941 bits per heavy atom. The monoisotopic (exact) mass is 229 g/mol. The molecule has 0 amide bonds. The van der Waals surface area contributed by atoms with Crippen molar-refractivity contribution in [3.63, 3.8) is 0 Å². The van der Waals surface area contributed by atoms with Gasteiger partial charge in [0.2, 0.25) is 0 Å². The van der Waals surface area contributed by atoms with Crippen LogP contribution in [0.4, 0.5) is 0 Å². The lowest BCUT2D eigenvalue weighted by atomic mass is 9.86. The Kier molecular flexibility index (Phi) is 3.13. The lowest BCUT2D eigenvalue weighted by Crippen LogP contribution is -2.36. The smallest absolute Gasteiger partial charge is 0.130 e. The predicted molar refractivity (Wildman–Crippen MR) is 66.6 cm³/mol. The maximum Gasteiger partial charge on any atom is 0.130 e. The van der Waals surface area contributed by atoms with Crippen LogP contribution >= 0.6 is 0 Å². The molecular formula is C14H15NO2. The summed E-state index contributed by atoms with van der Waals surface area (Å²) >= 11 is 0. The summed E-state index contributed by atoms with van der Waals surface area (Å²) < 4.78 is 0. The van der Waals surface area contributed by atoms with Gasteiger partial charge < -0.3 is 15.9 Å². The molecule has 0 aromatic heterocycles. The summed E-state index contributed by atoms with van der Waals surface area (Å²) in [5, 5.41) is 20.5. The number of aliphatic hydroxyl groups is 1. The second-order valence-corrected chi connectivity index (χ2v) is 3.95. The molecule has 88 valence electrons. The standard InChI is InChI=1S/C14H15NO2/c15-10-14(17,11-6-2-1-3-7-11)12-8-4-5-9-13(12)16/h1-9,16-17H,10,15H2. The van der Waals surface area contributed by atoms with Gasteiger partial charge in [-0.1, -0.05) is 48.5 Å². The minimum absolute atomic E-state index is 0.00852. The van der Waals surface area contributed by atoms with Crippen molar-refractivity contribution in [3.05, 3.63) is 65.7 Å². The fraction of sp³-hybridized carbons (Fsp3) is 0.143. The van der Waals surface area contributed by atoms with Gasteiger partial charge in [-0.15, -0.1) is 0 Å². The van der Waals surface area contributed by atoms with Gasteiger partial charge in [-0.25, -0.2) is 0 Å². The molecule has 0 saturated heterocycles. The molecule has 0 radical (unpaired) electrons. The Balaban J connectivity index is 2.56. The number of rotatable bonds is 3. The lowest BCUT2D eigenvalue weighted by molar-refractivity contribution is 0.0874. The zero-order valence-corrected chi connectivity index (χ0v) is 9.38. The molecule has 1 atom stereocenters. The number of hydrogen-bond donors (Lipinski definition) is 3. The van der Waals surface area contributed by atoms with E-state index in [1.54, 1.807) is 36.4 Å². The predicted octanol–water partition coefficient (Wildman–Crippen LogP) is 1.59. The van der Waals surface area contributed by atoms with Crippen LogP contribution in [0.2, 0.25) is 0 Å². The number of benzene rings is 2. The minimum Gasteiger partial charge on any atom is -0.508 e. The Labute approximate surface area is 100 Å². The molecule has 2 aromatic rings. The highest BCUT2D eigenvalue weighted by molar-refractivity contribution is 5.44. The highest BCUT2D eigenvalue weighted by Crippen LogP contribution is 2.33. The van der Waals surface area contributed by atoms with E-state index in [4.69, 9.17) is 5.73 Å². The average molecular weight is 229 g/mol. The summed E-state index contributed by atoms with van der Waals surface area (Å²) in [6.07, 6.45) is 0. The van der Waals surface area contributed by atoms with Gasteiger partial charge in [0.15, 0.2) is 0 Å². The molecule has 4 N–H and O–H groups in total. The molecule has 3 nitrogen and oxygen atoms in total. The Morgan fingerprint density at radius 2 is 1.53 bits per heavy atom. The number of para-hydroxylation sites is 1. The number of hydrogen-bond acceptors (Lipinski definition) is 3. The number of nitrogens with two attached hydrogens (primary N) is 1. The molecular weight excluding hydrogens is 214 g/mol. The number of phenols is 1. The van der Waals surface area contributed by atoms with Crippen LogP contribution in [0.3, 0.4) is 0 Å². The van der Waals surface area contributed by atoms with E-state index in [1.807, 2.05) is 18.2 Å². The summed E-state index contributed by atoms with van der Waals surface area (Å²) in [6, 6.07) is 15.8. The molecule has 0 aliphatic heterocycles. The van der Waals surface area contributed by atoms with E-state index >= 15 is 0 Å². The van der Waals surface area contributed by atoms with E-state index in [1.165, 1.54) is 0 Å². The van der Waals surface area contributed by atoms with Crippen LogP contribution in [0.15, 0.2) is 54.6 Å². The van der Waals surface area contributed by atoms with Crippen molar-refractivity contribution in [2.45, 2.75) is 5.60 Å². The maximum atomic E-state index is 10.7. The summed E-state index contributed by atoms with van der Waals surface area (Å²) in [5.41, 5.74) is 5.42. The first-order valence-electron chi connectivity index (χ1n) is 5.45. The van der Waals surface area contributed by atoms with E-state index in [2.05, 4.69) is 0 Å². The number of aromatic hydroxyl groups is 1. The minimum atomic E-state index is -1.35. The van der Waals surface area contributed by atoms with Crippen molar-refractivity contribution in [2.75, 3.05) is 6.54 Å². The van der Waals surface area contributed by atoms with Crippen LogP contribution < -0.4 is 5.73 Å². The zero-order chi connectivity index (χ0) is 12.3. The summed E-state index contributed by atoms with van der Waals surface area (Å²) in [6.45, 7) is 0.00852. The van der Waals surface area contributed by atoms with E-state index < -0.39 is 5.60 Å². The van der Waals surface area contributed by atoms with E-state index in [0.29, 0.717) is 11.1 Å². The van der Waals surface area contributed by atoms with Crippen LogP contribution in [0.1, 0.15) is 11.1 Å². The van der Waals surface area contributed by atoms with Crippen molar-refractivity contribution < 1.29 is 10.2 Å². The first kappa shape index (κ1) is 11.6. The van der Waals surface area contributed by atoms with Crippen LogP contribution in [0.5, 0.6) is 5.75 Å². The molecule has 2 aromatic carbocycles. The van der Waals surface area contributed by atoms with Gasteiger partial charge in [-0.05, 0) is 11.6 Å². The third-order valence-corrected chi connectivity index (χ3v) is 2.90. The summed E-state index contributed by atoms with van der Waals surface area (Å²) in [7, 11) is 0. The molecule has 3 heteroatoms. The third-order valence-electron chi connectivity index (χ3n) is 2.90. The van der Waals surface area contributed by atoms with Crippen molar-refractivity contribution >= 4 is 0 Å². The summed E-state index contributed by atoms with van der Waals surface area (Å²) in [5.74, 6) is 0.0457. The number of phenolic OH excluding ortho intramolecular Hbond substituents is 1. The molecule has 2 rings (SSSR count). The van der Waals surface area contributed by atoms with Crippen molar-refractivity contribution in [3.8, 4) is 5.75 Å². The molecule has 0 spiro atoms. The zero-order valence-electron chi connectivity index (χ0n) is 9.38. The van der Waals surface area contributed by atoms with Gasteiger partial charge >= 0.3 is 0 Å². The quantitative estimate of drug-likeness (QED) is 0.748. The van der Waals surface area contributed by atoms with Crippen molar-refractivity contribution in [1.29, 1.82) is 0 Å². The topological polar surface area (TPSA) is 66.5 Å². The van der Waals surface area contributed by atoms with Crippen LogP contribution in [0.25, 0.3) is 0 Å². The lowest BCUT2D eigenvalue weighted by Gasteiger charge is -2.28. The van der Waals surface area contributed by atoms with E-state index in [-0.39, 0.29) is 12.3 Å². The normalized spacial score (nSPS) is 14.2. The molecule has 1 unspecified atom stereocenters. The molecule has 0 heterocycles. The van der Waals surface area contributed by atoms with Crippen LogP contribution in [0, 0.1) is 0 Å². The molecule has 0 fully saturated rings. The highest BCUT2D eigenvalue weighted by Gasteiger charge is 2.32. The third kappa shape index (κ3) is 2.02. The van der Waals surface area contributed by atoms with Gasteiger partial charge in [0.05, 0.1) is 0 Å². The maximum absolute atomic E-state index is 10.7. The second kappa shape index (κ2) is 4.57. The van der Waals surface area contributed by atoms with Gasteiger partial charge in [0.1, 0.15) is 11.4 Å². The highest BCUT2D eigenvalue weighted by atomic mass is 16.3. The van der Waals surface area contributed by atoms with Crippen LogP contribution in [-0.4, -0.2) is 16.8 Å². The molecule has 0 aliphatic rings. The second-order valence-electron chi connectivity index (χ2n) is 3.95. The van der Waals surface area contributed by atoms with Crippen LogP contribution in [-0.2, 0) is 5.60 Å². The molecule has 17 heavy (non-hydrogen) atoms. The van der Waals surface area contributed by atoms with Crippen molar-refractivity contribution in [1.82, 2.24) is 0 Å². The Morgan fingerprint density at radius 3 is 2.12 bits per heavy atom.